The maximum atomic E-state index is 12.0. The van der Waals surface area contributed by atoms with Gasteiger partial charge < -0.3 is 9.64 Å². The second-order valence-corrected chi connectivity index (χ2v) is 4.61. The molecule has 1 heterocycles. The van der Waals surface area contributed by atoms with Crippen molar-refractivity contribution in [1.82, 2.24) is 0 Å². The van der Waals surface area contributed by atoms with E-state index in [1.807, 2.05) is 43.0 Å². The normalized spacial score (nSPS) is 19.1. The Morgan fingerprint density at radius 3 is 2.94 bits per heavy atom. The number of aryl methyl sites for hydroxylation is 1. The molecule has 0 spiro atoms. The molecule has 1 unspecified atom stereocenters. The topological polar surface area (TPSA) is 29.5 Å². The van der Waals surface area contributed by atoms with Crippen molar-refractivity contribution in [3.63, 3.8) is 0 Å². The van der Waals surface area contributed by atoms with Crippen LogP contribution in [0.4, 0.5) is 5.69 Å². The van der Waals surface area contributed by atoms with Gasteiger partial charge in [0.1, 0.15) is 5.75 Å². The van der Waals surface area contributed by atoms with E-state index in [1.165, 1.54) is 0 Å². The zero-order chi connectivity index (χ0) is 13.1. The van der Waals surface area contributed by atoms with Crippen molar-refractivity contribution in [2.45, 2.75) is 20.3 Å². The van der Waals surface area contributed by atoms with Gasteiger partial charge in [0.05, 0.1) is 12.3 Å². The lowest BCUT2D eigenvalue weighted by Crippen LogP contribution is -2.25. The van der Waals surface area contributed by atoms with Crippen LogP contribution in [-0.4, -0.2) is 19.1 Å². The van der Waals surface area contributed by atoms with E-state index < -0.39 is 0 Å². The van der Waals surface area contributed by atoms with E-state index in [1.54, 1.807) is 0 Å². The minimum atomic E-state index is 0.145. The first-order valence-corrected chi connectivity index (χ1v) is 6.32. The Morgan fingerprint density at radius 1 is 1.56 bits per heavy atom. The number of hydrogen-bond donors (Lipinski definition) is 0. The van der Waals surface area contributed by atoms with E-state index in [-0.39, 0.29) is 11.8 Å². The summed E-state index contributed by atoms with van der Waals surface area (Å²) in [5, 5.41) is 0. The third-order valence-electron chi connectivity index (χ3n) is 3.19. The number of hydrogen-bond acceptors (Lipinski definition) is 2. The summed E-state index contributed by atoms with van der Waals surface area (Å²) in [4.78, 5) is 13.8. The van der Waals surface area contributed by atoms with Crippen LogP contribution in [0.3, 0.4) is 0 Å². The molecule has 3 nitrogen and oxygen atoms in total. The summed E-state index contributed by atoms with van der Waals surface area (Å²) >= 11 is 0. The highest BCUT2D eigenvalue weighted by atomic mass is 16.5. The van der Waals surface area contributed by atoms with Crippen molar-refractivity contribution in [2.75, 3.05) is 18.1 Å². The highest BCUT2D eigenvalue weighted by molar-refractivity contribution is 5.97. The lowest BCUT2D eigenvalue weighted by atomic mass is 10.1. The van der Waals surface area contributed by atoms with Crippen LogP contribution < -0.4 is 9.64 Å². The minimum absolute atomic E-state index is 0.145. The summed E-state index contributed by atoms with van der Waals surface area (Å²) in [7, 11) is 0. The second-order valence-electron chi connectivity index (χ2n) is 4.61. The van der Waals surface area contributed by atoms with Crippen LogP contribution in [0.25, 0.3) is 0 Å². The number of nitrogens with zero attached hydrogens (tertiary/aromatic N) is 1. The molecule has 2 rings (SSSR count). The van der Waals surface area contributed by atoms with Crippen molar-refractivity contribution < 1.29 is 9.53 Å². The molecule has 1 aromatic carbocycles. The van der Waals surface area contributed by atoms with Gasteiger partial charge in [-0.3, -0.25) is 4.79 Å². The first-order valence-electron chi connectivity index (χ1n) is 6.32. The van der Waals surface area contributed by atoms with Crippen LogP contribution in [0.15, 0.2) is 30.9 Å². The summed E-state index contributed by atoms with van der Waals surface area (Å²) < 4.78 is 5.60. The zero-order valence-electron chi connectivity index (χ0n) is 11.0. The smallest absolute Gasteiger partial charge is 0.227 e. The summed E-state index contributed by atoms with van der Waals surface area (Å²) in [6, 6.07) is 5.94. The Labute approximate surface area is 108 Å². The quantitative estimate of drug-likeness (QED) is 0.763. The fraction of sp³-hybridized carbons (Fsp3) is 0.400. The van der Waals surface area contributed by atoms with E-state index in [9.17, 15) is 4.79 Å². The molecular weight excluding hydrogens is 226 g/mol. The maximum Gasteiger partial charge on any atom is 0.227 e. The van der Waals surface area contributed by atoms with Gasteiger partial charge in [-0.25, -0.2) is 0 Å². The van der Waals surface area contributed by atoms with Crippen LogP contribution in [-0.2, 0) is 4.79 Å². The molecule has 1 aromatic rings. The zero-order valence-corrected chi connectivity index (χ0v) is 11.0. The van der Waals surface area contributed by atoms with Crippen molar-refractivity contribution in [3.8, 4) is 5.75 Å². The predicted octanol–water partition coefficient (Wildman–Crippen LogP) is 2.93. The number of rotatable bonds is 4. The van der Waals surface area contributed by atoms with Gasteiger partial charge >= 0.3 is 0 Å². The average molecular weight is 245 g/mol. The molecule has 1 amide bonds. The summed E-state index contributed by atoms with van der Waals surface area (Å²) in [5.41, 5.74) is 2.01. The number of carbonyl (C=O) groups excluding carboxylic acids is 1. The Balaban J connectivity index is 2.34. The lowest BCUT2D eigenvalue weighted by molar-refractivity contribution is -0.117. The van der Waals surface area contributed by atoms with E-state index >= 15 is 0 Å². The van der Waals surface area contributed by atoms with E-state index in [4.69, 9.17) is 4.74 Å². The SMILES string of the molecule is C=CC1CC(=O)N(c2cc(C)ccc2OCC)C1. The summed E-state index contributed by atoms with van der Waals surface area (Å²) in [6.45, 7) is 9.04. The predicted molar refractivity (Wildman–Crippen MR) is 73.0 cm³/mol. The Bertz CT molecular complexity index is 468. The van der Waals surface area contributed by atoms with E-state index in [2.05, 4.69) is 6.58 Å². The van der Waals surface area contributed by atoms with Crippen molar-refractivity contribution in [2.24, 2.45) is 5.92 Å². The molecule has 96 valence electrons. The van der Waals surface area contributed by atoms with Gasteiger partial charge in [-0.2, -0.15) is 0 Å². The second kappa shape index (κ2) is 5.25. The van der Waals surface area contributed by atoms with Crippen molar-refractivity contribution >= 4 is 11.6 Å². The van der Waals surface area contributed by atoms with Crippen LogP contribution in [0.2, 0.25) is 0 Å². The molecule has 0 aliphatic carbocycles. The van der Waals surface area contributed by atoms with Crippen LogP contribution in [0, 0.1) is 12.8 Å². The van der Waals surface area contributed by atoms with Gasteiger partial charge in [-0.15, -0.1) is 6.58 Å². The number of carbonyl (C=O) groups is 1. The number of amides is 1. The minimum Gasteiger partial charge on any atom is -0.492 e. The molecule has 18 heavy (non-hydrogen) atoms. The van der Waals surface area contributed by atoms with Crippen molar-refractivity contribution in [1.29, 1.82) is 0 Å². The Morgan fingerprint density at radius 2 is 2.33 bits per heavy atom. The summed E-state index contributed by atoms with van der Waals surface area (Å²) in [5.74, 6) is 1.17. The van der Waals surface area contributed by atoms with Crippen molar-refractivity contribution in [3.05, 3.63) is 36.4 Å². The molecule has 3 heteroatoms. The molecule has 1 aliphatic heterocycles. The van der Waals surface area contributed by atoms with Gasteiger partial charge in [0.2, 0.25) is 5.91 Å². The van der Waals surface area contributed by atoms with Crippen LogP contribution in [0.1, 0.15) is 18.9 Å². The molecule has 0 aromatic heterocycles. The number of benzene rings is 1. The van der Waals surface area contributed by atoms with Crippen LogP contribution in [0.5, 0.6) is 5.75 Å². The lowest BCUT2D eigenvalue weighted by Gasteiger charge is -2.20. The van der Waals surface area contributed by atoms with E-state index in [0.29, 0.717) is 19.6 Å². The van der Waals surface area contributed by atoms with Crippen LogP contribution >= 0.6 is 0 Å². The largest absolute Gasteiger partial charge is 0.492 e. The fourth-order valence-corrected chi connectivity index (χ4v) is 2.24. The molecule has 1 saturated heterocycles. The van der Waals surface area contributed by atoms with Gasteiger partial charge in [-0.1, -0.05) is 12.1 Å². The molecule has 0 N–H and O–H groups in total. The molecule has 0 radical (unpaired) electrons. The maximum absolute atomic E-state index is 12.0. The monoisotopic (exact) mass is 245 g/mol. The molecule has 1 atom stereocenters. The molecule has 1 fully saturated rings. The first-order chi connectivity index (χ1) is 8.65. The fourth-order valence-electron chi connectivity index (χ4n) is 2.24. The first kappa shape index (κ1) is 12.7. The van der Waals surface area contributed by atoms with Gasteiger partial charge in [0.15, 0.2) is 0 Å². The van der Waals surface area contributed by atoms with Gasteiger partial charge in [-0.05, 0) is 31.5 Å². The van der Waals surface area contributed by atoms with Gasteiger partial charge in [0, 0.05) is 18.9 Å². The Kier molecular flexibility index (Phi) is 3.70. The molecular formula is C15H19NO2. The third kappa shape index (κ3) is 2.40. The standard InChI is InChI=1S/C15H19NO2/c1-4-12-9-15(17)16(10-12)13-8-11(3)6-7-14(13)18-5-2/h4,6-8,12H,1,5,9-10H2,2-3H3. The molecule has 0 saturated carbocycles. The molecule has 1 aliphatic rings. The average Bonchev–Trinajstić information content (AvgIpc) is 2.73. The summed E-state index contributed by atoms with van der Waals surface area (Å²) in [6.07, 6.45) is 2.40. The highest BCUT2D eigenvalue weighted by Gasteiger charge is 2.30. The highest BCUT2D eigenvalue weighted by Crippen LogP contribution is 2.34. The molecule has 0 bridgehead atoms. The number of anilines is 1. The van der Waals surface area contributed by atoms with Gasteiger partial charge in [0.25, 0.3) is 0 Å². The number of ether oxygens (including phenoxy) is 1. The Hall–Kier alpha value is -1.77. The van der Waals surface area contributed by atoms with E-state index in [0.717, 1.165) is 17.0 Å². The third-order valence-corrected chi connectivity index (χ3v) is 3.19.